The molecule has 2 N–H and O–H groups in total. The van der Waals surface area contributed by atoms with E-state index in [0.717, 1.165) is 29.7 Å². The third kappa shape index (κ3) is 2.36. The molecule has 3 atom stereocenters. The number of nitrogens with two attached hydrogens (primary N) is 1. The molecule has 0 aromatic heterocycles. The van der Waals surface area contributed by atoms with Gasteiger partial charge in [0, 0.05) is 16.2 Å². The van der Waals surface area contributed by atoms with Gasteiger partial charge in [0.25, 0.3) is 0 Å². The highest BCUT2D eigenvalue weighted by atomic mass is 32.2. The van der Waals surface area contributed by atoms with E-state index in [9.17, 15) is 4.21 Å². The van der Waals surface area contributed by atoms with E-state index < -0.39 is 10.8 Å². The van der Waals surface area contributed by atoms with Gasteiger partial charge >= 0.3 is 0 Å². The molecule has 1 aliphatic carbocycles. The molecule has 0 heterocycles. The van der Waals surface area contributed by atoms with Crippen molar-refractivity contribution >= 4 is 10.8 Å². The SMILES string of the molecule is Cc1ccc(S(=O)C2CCC(N)C2)c(C)c1. The molecule has 0 radical (unpaired) electrons. The second kappa shape index (κ2) is 4.68. The van der Waals surface area contributed by atoms with Crippen LogP contribution in [0.15, 0.2) is 23.1 Å². The zero-order chi connectivity index (χ0) is 11.7. The summed E-state index contributed by atoms with van der Waals surface area (Å²) in [4.78, 5) is 0.990. The van der Waals surface area contributed by atoms with Gasteiger partial charge in [-0.3, -0.25) is 4.21 Å². The summed E-state index contributed by atoms with van der Waals surface area (Å²) in [6.07, 6.45) is 2.92. The van der Waals surface area contributed by atoms with E-state index in [2.05, 4.69) is 13.0 Å². The fourth-order valence-corrected chi connectivity index (χ4v) is 4.08. The molecule has 3 unspecified atom stereocenters. The van der Waals surface area contributed by atoms with Crippen molar-refractivity contribution < 1.29 is 4.21 Å². The third-order valence-corrected chi connectivity index (χ3v) is 5.20. The fraction of sp³-hybridized carbons (Fsp3) is 0.538. The van der Waals surface area contributed by atoms with Crippen molar-refractivity contribution in [1.82, 2.24) is 0 Å². The van der Waals surface area contributed by atoms with Gasteiger partial charge in [-0.25, -0.2) is 0 Å². The standard InChI is InChI=1S/C13H19NOS/c1-9-3-6-13(10(2)7-9)16(15)12-5-4-11(14)8-12/h3,6-7,11-12H,4-5,8,14H2,1-2H3. The van der Waals surface area contributed by atoms with Gasteiger partial charge in [0.05, 0.1) is 10.8 Å². The van der Waals surface area contributed by atoms with E-state index in [-0.39, 0.29) is 11.3 Å². The number of aryl methyl sites for hydroxylation is 2. The Morgan fingerprint density at radius 2 is 2.06 bits per heavy atom. The van der Waals surface area contributed by atoms with Gasteiger partial charge in [-0.05, 0) is 44.7 Å². The number of hydrogen-bond donors (Lipinski definition) is 1. The first-order valence-electron chi connectivity index (χ1n) is 5.81. The van der Waals surface area contributed by atoms with Crippen molar-refractivity contribution in [3.63, 3.8) is 0 Å². The smallest absolute Gasteiger partial charge is 0.0564 e. The number of rotatable bonds is 2. The van der Waals surface area contributed by atoms with Crippen LogP contribution in [0.5, 0.6) is 0 Å². The molecule has 88 valence electrons. The molecule has 0 aliphatic heterocycles. The van der Waals surface area contributed by atoms with Crippen molar-refractivity contribution in [3.8, 4) is 0 Å². The van der Waals surface area contributed by atoms with Crippen LogP contribution in [0.1, 0.15) is 30.4 Å². The van der Waals surface area contributed by atoms with Crippen molar-refractivity contribution in [3.05, 3.63) is 29.3 Å². The zero-order valence-corrected chi connectivity index (χ0v) is 10.7. The minimum absolute atomic E-state index is 0.250. The van der Waals surface area contributed by atoms with E-state index in [1.165, 1.54) is 5.56 Å². The topological polar surface area (TPSA) is 43.1 Å². The maximum absolute atomic E-state index is 12.4. The Balaban J connectivity index is 2.21. The normalized spacial score (nSPS) is 26.9. The van der Waals surface area contributed by atoms with E-state index in [1.807, 2.05) is 19.1 Å². The first kappa shape index (κ1) is 11.8. The molecule has 0 amide bonds. The van der Waals surface area contributed by atoms with Crippen LogP contribution in [0.3, 0.4) is 0 Å². The maximum atomic E-state index is 12.4. The van der Waals surface area contributed by atoms with Crippen LogP contribution in [0.4, 0.5) is 0 Å². The molecular formula is C13H19NOS. The lowest BCUT2D eigenvalue weighted by molar-refractivity contribution is 0.664. The van der Waals surface area contributed by atoms with Crippen LogP contribution in [0.2, 0.25) is 0 Å². The van der Waals surface area contributed by atoms with Crippen molar-refractivity contribution in [2.45, 2.75) is 49.3 Å². The van der Waals surface area contributed by atoms with Crippen LogP contribution in [-0.4, -0.2) is 15.5 Å². The average Bonchev–Trinajstić information content (AvgIpc) is 2.64. The molecular weight excluding hydrogens is 218 g/mol. The molecule has 1 aromatic carbocycles. The highest BCUT2D eigenvalue weighted by Crippen LogP contribution is 2.27. The minimum Gasteiger partial charge on any atom is -0.328 e. The van der Waals surface area contributed by atoms with E-state index in [4.69, 9.17) is 5.73 Å². The van der Waals surface area contributed by atoms with Crippen molar-refractivity contribution in [2.24, 2.45) is 5.73 Å². The van der Waals surface area contributed by atoms with Gasteiger partial charge in [0.2, 0.25) is 0 Å². The van der Waals surface area contributed by atoms with Crippen molar-refractivity contribution in [1.29, 1.82) is 0 Å². The van der Waals surface area contributed by atoms with E-state index in [0.29, 0.717) is 0 Å². The summed E-state index contributed by atoms with van der Waals surface area (Å²) >= 11 is 0. The lowest BCUT2D eigenvalue weighted by atomic mass is 10.2. The summed E-state index contributed by atoms with van der Waals surface area (Å²) in [5, 5.41) is 0.261. The Morgan fingerprint density at radius 1 is 1.31 bits per heavy atom. The summed E-state index contributed by atoms with van der Waals surface area (Å²) < 4.78 is 12.4. The summed E-state index contributed by atoms with van der Waals surface area (Å²) in [5.41, 5.74) is 8.23. The summed E-state index contributed by atoms with van der Waals surface area (Å²) in [7, 11) is -0.879. The monoisotopic (exact) mass is 237 g/mol. The molecule has 3 heteroatoms. The van der Waals surface area contributed by atoms with E-state index in [1.54, 1.807) is 0 Å². The lowest BCUT2D eigenvalue weighted by Crippen LogP contribution is -2.19. The Morgan fingerprint density at radius 3 is 2.62 bits per heavy atom. The predicted molar refractivity (Wildman–Crippen MR) is 67.9 cm³/mol. The quantitative estimate of drug-likeness (QED) is 0.857. The fourth-order valence-electron chi connectivity index (χ4n) is 2.37. The minimum atomic E-state index is -0.879. The molecule has 1 aromatic rings. The predicted octanol–water partition coefficient (Wildman–Crippen LogP) is 2.29. The third-order valence-electron chi connectivity index (χ3n) is 3.28. The van der Waals surface area contributed by atoms with E-state index >= 15 is 0 Å². The summed E-state index contributed by atoms with van der Waals surface area (Å²) in [5.74, 6) is 0. The van der Waals surface area contributed by atoms with Crippen LogP contribution >= 0.6 is 0 Å². The molecule has 16 heavy (non-hydrogen) atoms. The maximum Gasteiger partial charge on any atom is 0.0564 e. The average molecular weight is 237 g/mol. The van der Waals surface area contributed by atoms with Crippen LogP contribution in [0, 0.1) is 13.8 Å². The second-order valence-corrected chi connectivity index (χ2v) is 6.46. The first-order valence-corrected chi connectivity index (χ1v) is 7.02. The molecule has 2 nitrogen and oxygen atoms in total. The molecule has 2 rings (SSSR count). The van der Waals surface area contributed by atoms with Gasteiger partial charge in [0.15, 0.2) is 0 Å². The van der Waals surface area contributed by atoms with Gasteiger partial charge in [-0.1, -0.05) is 17.7 Å². The largest absolute Gasteiger partial charge is 0.328 e. The highest BCUT2D eigenvalue weighted by Gasteiger charge is 2.28. The summed E-state index contributed by atoms with van der Waals surface area (Å²) in [6.45, 7) is 4.10. The Hall–Kier alpha value is -0.670. The lowest BCUT2D eigenvalue weighted by Gasteiger charge is -2.12. The Kier molecular flexibility index (Phi) is 3.45. The Labute approximate surface area is 99.7 Å². The van der Waals surface area contributed by atoms with Crippen LogP contribution in [-0.2, 0) is 10.8 Å². The molecule has 1 saturated carbocycles. The number of benzene rings is 1. The van der Waals surface area contributed by atoms with Gasteiger partial charge in [-0.2, -0.15) is 0 Å². The zero-order valence-electron chi connectivity index (χ0n) is 9.90. The van der Waals surface area contributed by atoms with Crippen LogP contribution < -0.4 is 5.73 Å². The van der Waals surface area contributed by atoms with Gasteiger partial charge < -0.3 is 5.73 Å². The molecule has 0 spiro atoms. The van der Waals surface area contributed by atoms with Gasteiger partial charge in [0.1, 0.15) is 0 Å². The van der Waals surface area contributed by atoms with Crippen LogP contribution in [0.25, 0.3) is 0 Å². The first-order chi connectivity index (χ1) is 7.58. The van der Waals surface area contributed by atoms with Crippen molar-refractivity contribution in [2.75, 3.05) is 0 Å². The highest BCUT2D eigenvalue weighted by molar-refractivity contribution is 7.85. The summed E-state index contributed by atoms with van der Waals surface area (Å²) in [6, 6.07) is 6.39. The molecule has 0 bridgehead atoms. The number of hydrogen-bond acceptors (Lipinski definition) is 2. The molecule has 0 saturated heterocycles. The van der Waals surface area contributed by atoms with Gasteiger partial charge in [-0.15, -0.1) is 0 Å². The second-order valence-electron chi connectivity index (χ2n) is 4.76. The molecule has 1 fully saturated rings. The Bertz CT molecular complexity index is 416. The molecule has 1 aliphatic rings.